The zero-order valence-corrected chi connectivity index (χ0v) is 10.1. The van der Waals surface area contributed by atoms with Gasteiger partial charge in [-0.2, -0.15) is 0 Å². The van der Waals surface area contributed by atoms with Crippen LogP contribution in [0.1, 0.15) is 37.7 Å². The number of likely N-dealkylation sites (N-methyl/N-ethyl adjacent to an activating group) is 1. The van der Waals surface area contributed by atoms with Crippen LogP contribution in [0.2, 0.25) is 0 Å². The van der Waals surface area contributed by atoms with E-state index in [0.29, 0.717) is 0 Å². The Morgan fingerprint density at radius 2 is 2.12 bits per heavy atom. The van der Waals surface area contributed by atoms with Crippen molar-refractivity contribution in [2.75, 3.05) is 13.6 Å². The van der Waals surface area contributed by atoms with E-state index >= 15 is 0 Å². The largest absolute Gasteiger partial charge is 0.472 e. The fraction of sp³-hybridized carbons (Fsp3) is 0.692. The Morgan fingerprint density at radius 3 is 2.75 bits per heavy atom. The molecule has 1 aromatic rings. The summed E-state index contributed by atoms with van der Waals surface area (Å²) in [5.41, 5.74) is 7.69. The van der Waals surface area contributed by atoms with E-state index in [9.17, 15) is 0 Å². The van der Waals surface area contributed by atoms with Crippen molar-refractivity contribution >= 4 is 0 Å². The van der Waals surface area contributed by atoms with E-state index in [4.69, 9.17) is 10.2 Å². The highest BCUT2D eigenvalue weighted by molar-refractivity contribution is 5.05. The van der Waals surface area contributed by atoms with Crippen LogP contribution in [-0.4, -0.2) is 24.0 Å². The third-order valence-electron chi connectivity index (χ3n) is 3.47. The first-order valence-corrected chi connectivity index (χ1v) is 6.16. The molecule has 1 aliphatic rings. The molecule has 90 valence electrons. The van der Waals surface area contributed by atoms with Crippen molar-refractivity contribution in [3.05, 3.63) is 24.2 Å². The predicted molar refractivity (Wildman–Crippen MR) is 65.0 cm³/mol. The molecular weight excluding hydrogens is 200 g/mol. The zero-order valence-electron chi connectivity index (χ0n) is 10.1. The minimum Gasteiger partial charge on any atom is -0.472 e. The van der Waals surface area contributed by atoms with E-state index in [1.54, 1.807) is 12.5 Å². The summed E-state index contributed by atoms with van der Waals surface area (Å²) < 4.78 is 5.07. The summed E-state index contributed by atoms with van der Waals surface area (Å²) in [6.07, 6.45) is 9.80. The lowest BCUT2D eigenvalue weighted by Crippen LogP contribution is -2.50. The van der Waals surface area contributed by atoms with Crippen LogP contribution in [0.5, 0.6) is 0 Å². The summed E-state index contributed by atoms with van der Waals surface area (Å²) in [5, 5.41) is 0. The highest BCUT2D eigenvalue weighted by atomic mass is 16.3. The summed E-state index contributed by atoms with van der Waals surface area (Å²) in [5.74, 6) is 0. The number of rotatable bonds is 4. The van der Waals surface area contributed by atoms with Crippen molar-refractivity contribution in [2.24, 2.45) is 5.73 Å². The zero-order chi connectivity index (χ0) is 11.4. The summed E-state index contributed by atoms with van der Waals surface area (Å²) in [6, 6.07) is 2.01. The van der Waals surface area contributed by atoms with E-state index < -0.39 is 0 Å². The lowest BCUT2D eigenvalue weighted by molar-refractivity contribution is 0.193. The van der Waals surface area contributed by atoms with Crippen LogP contribution in [0.15, 0.2) is 23.0 Å². The van der Waals surface area contributed by atoms with Gasteiger partial charge in [-0.3, -0.25) is 0 Å². The molecular formula is C13H22N2O. The Kier molecular flexibility index (Phi) is 3.66. The van der Waals surface area contributed by atoms with Gasteiger partial charge in [-0.05, 0) is 26.0 Å². The monoisotopic (exact) mass is 222 g/mol. The lowest BCUT2D eigenvalue weighted by atomic mass is 9.82. The second-order valence-electron chi connectivity index (χ2n) is 5.23. The summed E-state index contributed by atoms with van der Waals surface area (Å²) in [4.78, 5) is 2.30. The second kappa shape index (κ2) is 5.02. The molecule has 3 nitrogen and oxygen atoms in total. The van der Waals surface area contributed by atoms with Crippen LogP contribution in [0, 0.1) is 0 Å². The standard InChI is InChI=1S/C13H22N2O/c1-15(9-12-5-8-16-10-12)11-13(14)6-3-2-4-7-13/h5,8,10H,2-4,6-7,9,11,14H2,1H3. The van der Waals surface area contributed by atoms with E-state index in [1.807, 2.05) is 6.07 Å². The summed E-state index contributed by atoms with van der Waals surface area (Å²) in [7, 11) is 2.14. The minimum atomic E-state index is 0.0384. The molecule has 1 heterocycles. The van der Waals surface area contributed by atoms with E-state index in [0.717, 1.165) is 13.1 Å². The Hall–Kier alpha value is -0.800. The first kappa shape index (κ1) is 11.7. The van der Waals surface area contributed by atoms with Gasteiger partial charge in [0.15, 0.2) is 0 Å². The van der Waals surface area contributed by atoms with Gasteiger partial charge in [0.05, 0.1) is 12.5 Å². The Labute approximate surface area is 97.6 Å². The van der Waals surface area contributed by atoms with Gasteiger partial charge < -0.3 is 15.1 Å². The van der Waals surface area contributed by atoms with E-state index in [1.165, 1.54) is 37.7 Å². The van der Waals surface area contributed by atoms with Crippen LogP contribution in [0.3, 0.4) is 0 Å². The van der Waals surface area contributed by atoms with Crippen LogP contribution < -0.4 is 5.73 Å². The smallest absolute Gasteiger partial charge is 0.0947 e. The van der Waals surface area contributed by atoms with Crippen molar-refractivity contribution < 1.29 is 4.42 Å². The topological polar surface area (TPSA) is 42.4 Å². The number of hydrogen-bond donors (Lipinski definition) is 1. The van der Waals surface area contributed by atoms with Gasteiger partial charge >= 0.3 is 0 Å². The van der Waals surface area contributed by atoms with Crippen molar-refractivity contribution in [2.45, 2.75) is 44.2 Å². The SMILES string of the molecule is CN(Cc1ccoc1)CC1(N)CCCCC1. The number of furan rings is 1. The van der Waals surface area contributed by atoms with Crippen LogP contribution in [-0.2, 0) is 6.54 Å². The summed E-state index contributed by atoms with van der Waals surface area (Å²) in [6.45, 7) is 1.91. The Morgan fingerprint density at radius 1 is 1.38 bits per heavy atom. The minimum absolute atomic E-state index is 0.0384. The van der Waals surface area contributed by atoms with Crippen molar-refractivity contribution in [1.29, 1.82) is 0 Å². The molecule has 0 aromatic carbocycles. The molecule has 0 saturated heterocycles. The highest BCUT2D eigenvalue weighted by Crippen LogP contribution is 2.26. The molecule has 0 unspecified atom stereocenters. The second-order valence-corrected chi connectivity index (χ2v) is 5.23. The third-order valence-corrected chi connectivity index (χ3v) is 3.47. The number of nitrogens with zero attached hydrogens (tertiary/aromatic N) is 1. The molecule has 0 bridgehead atoms. The van der Waals surface area contributed by atoms with Crippen molar-refractivity contribution in [3.63, 3.8) is 0 Å². The molecule has 0 atom stereocenters. The maximum Gasteiger partial charge on any atom is 0.0947 e. The number of nitrogens with two attached hydrogens (primary N) is 1. The van der Waals surface area contributed by atoms with Gasteiger partial charge in [-0.25, -0.2) is 0 Å². The molecule has 16 heavy (non-hydrogen) atoms. The van der Waals surface area contributed by atoms with Gasteiger partial charge in [0, 0.05) is 24.2 Å². The highest BCUT2D eigenvalue weighted by Gasteiger charge is 2.28. The quantitative estimate of drug-likeness (QED) is 0.850. The molecule has 0 amide bonds. The van der Waals surface area contributed by atoms with E-state index in [2.05, 4.69) is 11.9 Å². The first-order chi connectivity index (χ1) is 7.68. The predicted octanol–water partition coefficient (Wildman–Crippen LogP) is 2.37. The molecule has 1 aliphatic carbocycles. The fourth-order valence-corrected chi connectivity index (χ4v) is 2.70. The van der Waals surface area contributed by atoms with Gasteiger partial charge in [0.2, 0.25) is 0 Å². The number of hydrogen-bond acceptors (Lipinski definition) is 3. The van der Waals surface area contributed by atoms with Gasteiger partial charge in [0.1, 0.15) is 0 Å². The van der Waals surface area contributed by atoms with Crippen LogP contribution in [0.4, 0.5) is 0 Å². The van der Waals surface area contributed by atoms with Crippen LogP contribution in [0.25, 0.3) is 0 Å². The van der Waals surface area contributed by atoms with Crippen LogP contribution >= 0.6 is 0 Å². The van der Waals surface area contributed by atoms with Gasteiger partial charge in [-0.15, -0.1) is 0 Å². The normalized spacial score (nSPS) is 20.2. The van der Waals surface area contributed by atoms with Gasteiger partial charge in [-0.1, -0.05) is 19.3 Å². The fourth-order valence-electron chi connectivity index (χ4n) is 2.70. The molecule has 1 aromatic heterocycles. The maximum atomic E-state index is 6.42. The molecule has 3 heteroatoms. The molecule has 2 rings (SSSR count). The molecule has 0 spiro atoms. The average molecular weight is 222 g/mol. The maximum absolute atomic E-state index is 6.42. The Balaban J connectivity index is 1.84. The summed E-state index contributed by atoms with van der Waals surface area (Å²) >= 11 is 0. The third kappa shape index (κ3) is 3.09. The molecule has 2 N–H and O–H groups in total. The molecule has 0 aliphatic heterocycles. The first-order valence-electron chi connectivity index (χ1n) is 6.16. The average Bonchev–Trinajstić information content (AvgIpc) is 2.70. The van der Waals surface area contributed by atoms with Crippen molar-refractivity contribution in [1.82, 2.24) is 4.90 Å². The molecule has 1 fully saturated rings. The molecule has 0 radical (unpaired) electrons. The molecule has 1 saturated carbocycles. The van der Waals surface area contributed by atoms with Crippen molar-refractivity contribution in [3.8, 4) is 0 Å². The Bertz CT molecular complexity index is 302. The lowest BCUT2D eigenvalue weighted by Gasteiger charge is -2.36. The van der Waals surface area contributed by atoms with Gasteiger partial charge in [0.25, 0.3) is 0 Å². The van der Waals surface area contributed by atoms with E-state index in [-0.39, 0.29) is 5.54 Å².